The number of halogens is 1. The first-order chi connectivity index (χ1) is 15.8. The third kappa shape index (κ3) is 5.79. The lowest BCUT2D eigenvalue weighted by Gasteiger charge is -2.33. The van der Waals surface area contributed by atoms with Crippen molar-refractivity contribution in [3.63, 3.8) is 0 Å². The summed E-state index contributed by atoms with van der Waals surface area (Å²) in [5.41, 5.74) is 4.64. The Morgan fingerprint density at radius 1 is 0.939 bits per heavy atom. The number of nitrogens with one attached hydrogen (secondary N) is 2. The van der Waals surface area contributed by atoms with Gasteiger partial charge in [0.05, 0.1) is 26.2 Å². The van der Waals surface area contributed by atoms with E-state index in [9.17, 15) is 9.18 Å². The van der Waals surface area contributed by atoms with Crippen LogP contribution >= 0.6 is 0 Å². The van der Waals surface area contributed by atoms with E-state index in [1.807, 2.05) is 48.5 Å². The van der Waals surface area contributed by atoms with Crippen molar-refractivity contribution in [3.05, 3.63) is 95.3 Å². The van der Waals surface area contributed by atoms with Gasteiger partial charge >= 0.3 is 0 Å². The maximum atomic E-state index is 13.9. The number of hydrogen-bond acceptors (Lipinski definition) is 2. The van der Waals surface area contributed by atoms with Crippen LogP contribution in [-0.2, 0) is 12.0 Å². The molecule has 0 aromatic heterocycles. The number of hydrogen-bond donors (Lipinski definition) is 2. The van der Waals surface area contributed by atoms with Gasteiger partial charge in [-0.1, -0.05) is 51.1 Å². The van der Waals surface area contributed by atoms with Gasteiger partial charge in [0.2, 0.25) is 0 Å². The van der Waals surface area contributed by atoms with Crippen molar-refractivity contribution in [2.24, 2.45) is 0 Å². The fraction of sp³-hybridized carbons (Fsp3) is 0.321. The summed E-state index contributed by atoms with van der Waals surface area (Å²) in [4.78, 5) is 16.4. The SMILES string of the molecule is CC(C)(C)c1ccc(C(=O)Nc2ccc(N3CC[NH+](Cc4ccccc4F)CC3)cc2)cc1. The average Bonchev–Trinajstić information content (AvgIpc) is 2.81. The Bertz CT molecular complexity index is 1080. The van der Waals surface area contributed by atoms with E-state index in [0.717, 1.165) is 49.7 Å². The van der Waals surface area contributed by atoms with Gasteiger partial charge in [0.15, 0.2) is 0 Å². The molecule has 1 amide bonds. The van der Waals surface area contributed by atoms with E-state index in [-0.39, 0.29) is 17.1 Å². The quantitative estimate of drug-likeness (QED) is 0.614. The lowest BCUT2D eigenvalue weighted by atomic mass is 9.87. The molecule has 3 aromatic rings. The summed E-state index contributed by atoms with van der Waals surface area (Å²) >= 11 is 0. The molecule has 3 aromatic carbocycles. The minimum atomic E-state index is -0.116. The van der Waals surface area contributed by atoms with Gasteiger partial charge in [-0.3, -0.25) is 4.79 Å². The summed E-state index contributed by atoms with van der Waals surface area (Å²) in [5.74, 6) is -0.219. The van der Waals surface area contributed by atoms with E-state index in [1.54, 1.807) is 6.07 Å². The van der Waals surface area contributed by atoms with E-state index < -0.39 is 0 Å². The number of nitrogens with zero attached hydrogens (tertiary/aromatic N) is 1. The predicted molar refractivity (Wildman–Crippen MR) is 133 cm³/mol. The minimum Gasteiger partial charge on any atom is -0.360 e. The summed E-state index contributed by atoms with van der Waals surface area (Å²) < 4.78 is 13.9. The van der Waals surface area contributed by atoms with Crippen molar-refractivity contribution in [1.29, 1.82) is 0 Å². The van der Waals surface area contributed by atoms with Crippen molar-refractivity contribution in [2.75, 3.05) is 36.4 Å². The molecule has 33 heavy (non-hydrogen) atoms. The Kier molecular flexibility index (Phi) is 6.80. The highest BCUT2D eigenvalue weighted by Gasteiger charge is 2.21. The van der Waals surface area contributed by atoms with Gasteiger partial charge in [-0.2, -0.15) is 0 Å². The van der Waals surface area contributed by atoms with Crippen LogP contribution in [0.3, 0.4) is 0 Å². The largest absolute Gasteiger partial charge is 0.360 e. The molecule has 0 saturated carbocycles. The summed E-state index contributed by atoms with van der Waals surface area (Å²) in [7, 11) is 0. The van der Waals surface area contributed by atoms with Gasteiger partial charge in [-0.05, 0) is 53.4 Å². The zero-order valence-corrected chi connectivity index (χ0v) is 19.7. The number of carbonyl (C=O) groups is 1. The van der Waals surface area contributed by atoms with E-state index in [1.165, 1.54) is 16.5 Å². The lowest BCUT2D eigenvalue weighted by molar-refractivity contribution is -0.914. The second-order valence-electron chi connectivity index (χ2n) is 9.83. The highest BCUT2D eigenvalue weighted by Crippen LogP contribution is 2.23. The summed E-state index contributed by atoms with van der Waals surface area (Å²) in [6.07, 6.45) is 0. The van der Waals surface area contributed by atoms with Crippen LogP contribution in [0.4, 0.5) is 15.8 Å². The zero-order chi connectivity index (χ0) is 23.4. The molecule has 172 valence electrons. The molecule has 1 heterocycles. The van der Waals surface area contributed by atoms with Crippen molar-refractivity contribution >= 4 is 17.3 Å². The van der Waals surface area contributed by atoms with Crippen LogP contribution in [0.2, 0.25) is 0 Å². The number of anilines is 2. The normalized spacial score (nSPS) is 14.8. The van der Waals surface area contributed by atoms with E-state index >= 15 is 0 Å². The third-order valence-corrected chi connectivity index (χ3v) is 6.37. The smallest absolute Gasteiger partial charge is 0.255 e. The first-order valence-corrected chi connectivity index (χ1v) is 11.6. The van der Waals surface area contributed by atoms with Gasteiger partial charge in [0.25, 0.3) is 5.91 Å². The second-order valence-corrected chi connectivity index (χ2v) is 9.83. The Morgan fingerprint density at radius 2 is 1.58 bits per heavy atom. The van der Waals surface area contributed by atoms with Crippen molar-refractivity contribution in [3.8, 4) is 0 Å². The zero-order valence-electron chi connectivity index (χ0n) is 19.7. The molecule has 0 unspecified atom stereocenters. The number of amides is 1. The molecular formula is C28H33FN3O+. The third-order valence-electron chi connectivity index (χ3n) is 6.37. The molecule has 5 heteroatoms. The Labute approximate surface area is 196 Å². The van der Waals surface area contributed by atoms with Crippen LogP contribution in [0, 0.1) is 5.82 Å². The van der Waals surface area contributed by atoms with Gasteiger partial charge in [0, 0.05) is 22.5 Å². The number of piperazine rings is 1. The second kappa shape index (κ2) is 9.75. The standard InChI is InChI=1S/C28H32FN3O/c1-28(2,3)23-10-8-21(9-11-23)27(33)30-24-12-14-25(15-13-24)32-18-16-31(17-19-32)20-22-6-4-5-7-26(22)29/h4-15H,16-20H2,1-3H3,(H,30,33)/p+1. The average molecular weight is 447 g/mol. The van der Waals surface area contributed by atoms with Crippen LogP contribution in [0.1, 0.15) is 42.3 Å². The highest BCUT2D eigenvalue weighted by molar-refractivity contribution is 6.04. The van der Waals surface area contributed by atoms with E-state index in [2.05, 4.69) is 43.1 Å². The Balaban J connectivity index is 1.30. The maximum Gasteiger partial charge on any atom is 0.255 e. The number of rotatable bonds is 5. The van der Waals surface area contributed by atoms with E-state index in [4.69, 9.17) is 0 Å². The lowest BCUT2D eigenvalue weighted by Crippen LogP contribution is -3.13. The van der Waals surface area contributed by atoms with Crippen LogP contribution in [0.25, 0.3) is 0 Å². The predicted octanol–water partition coefficient (Wildman–Crippen LogP) is 4.28. The first-order valence-electron chi connectivity index (χ1n) is 11.6. The summed E-state index contributed by atoms with van der Waals surface area (Å²) in [5, 5.41) is 2.99. The van der Waals surface area contributed by atoms with Crippen LogP contribution < -0.4 is 15.1 Å². The van der Waals surface area contributed by atoms with Crippen LogP contribution in [0.15, 0.2) is 72.8 Å². The van der Waals surface area contributed by atoms with Gasteiger partial charge in [-0.25, -0.2) is 4.39 Å². The fourth-order valence-electron chi connectivity index (χ4n) is 4.25. The molecule has 0 radical (unpaired) electrons. The molecule has 1 saturated heterocycles. The molecule has 0 atom stereocenters. The number of quaternary nitrogens is 1. The van der Waals surface area contributed by atoms with Gasteiger partial charge in [0.1, 0.15) is 12.4 Å². The van der Waals surface area contributed by atoms with Crippen LogP contribution in [0.5, 0.6) is 0 Å². The molecule has 1 fully saturated rings. The van der Waals surface area contributed by atoms with Gasteiger partial charge < -0.3 is 15.1 Å². The van der Waals surface area contributed by atoms with Crippen molar-refractivity contribution in [2.45, 2.75) is 32.7 Å². The topological polar surface area (TPSA) is 36.8 Å². The molecule has 4 rings (SSSR count). The molecular weight excluding hydrogens is 413 g/mol. The van der Waals surface area contributed by atoms with E-state index in [0.29, 0.717) is 5.56 Å². The molecule has 4 nitrogen and oxygen atoms in total. The summed E-state index contributed by atoms with van der Waals surface area (Å²) in [6, 6.07) is 22.9. The fourth-order valence-corrected chi connectivity index (χ4v) is 4.25. The number of benzene rings is 3. The molecule has 0 aliphatic carbocycles. The van der Waals surface area contributed by atoms with Crippen LogP contribution in [-0.4, -0.2) is 32.1 Å². The summed E-state index contributed by atoms with van der Waals surface area (Å²) in [6.45, 7) is 11.0. The Morgan fingerprint density at radius 3 is 2.18 bits per heavy atom. The highest BCUT2D eigenvalue weighted by atomic mass is 19.1. The molecule has 2 N–H and O–H groups in total. The Hall–Kier alpha value is -3.18. The monoisotopic (exact) mass is 446 g/mol. The van der Waals surface area contributed by atoms with Crippen molar-refractivity contribution < 1.29 is 14.1 Å². The van der Waals surface area contributed by atoms with Crippen molar-refractivity contribution in [1.82, 2.24) is 0 Å². The molecule has 0 spiro atoms. The number of carbonyl (C=O) groups excluding carboxylic acids is 1. The molecule has 0 bridgehead atoms. The molecule has 1 aliphatic heterocycles. The first kappa shape index (κ1) is 23.0. The van der Waals surface area contributed by atoms with Gasteiger partial charge in [-0.15, -0.1) is 0 Å². The maximum absolute atomic E-state index is 13.9. The minimum absolute atomic E-state index is 0.0650. The molecule has 1 aliphatic rings.